The first-order valence-corrected chi connectivity index (χ1v) is 4.85. The summed E-state index contributed by atoms with van der Waals surface area (Å²) in [5.41, 5.74) is 8.54. The summed E-state index contributed by atoms with van der Waals surface area (Å²) in [7, 11) is 0. The molecule has 1 aromatic heterocycles. The van der Waals surface area contributed by atoms with Gasteiger partial charge >= 0.3 is 0 Å². The third-order valence-electron chi connectivity index (χ3n) is 2.41. The third-order valence-corrected chi connectivity index (χ3v) is 2.41. The maximum atomic E-state index is 10.3. The van der Waals surface area contributed by atoms with Gasteiger partial charge in [0.05, 0.1) is 0 Å². The zero-order chi connectivity index (χ0) is 10.7. The van der Waals surface area contributed by atoms with Gasteiger partial charge in [-0.3, -0.25) is 4.79 Å². The molecule has 4 N–H and O–H groups in total. The van der Waals surface area contributed by atoms with Crippen LogP contribution in [0.5, 0.6) is 0 Å². The van der Waals surface area contributed by atoms with Crippen LogP contribution in [0.25, 0.3) is 10.9 Å². The van der Waals surface area contributed by atoms with Gasteiger partial charge in [-0.1, -0.05) is 6.07 Å². The number of H-pyrrole nitrogens is 1. The van der Waals surface area contributed by atoms with E-state index in [4.69, 9.17) is 5.73 Å². The summed E-state index contributed by atoms with van der Waals surface area (Å²) in [5, 5.41) is 3.78. The number of anilines is 1. The maximum Gasteiger partial charge on any atom is 0.211 e. The zero-order valence-electron chi connectivity index (χ0n) is 8.29. The Balaban J connectivity index is 2.42. The predicted molar refractivity (Wildman–Crippen MR) is 60.7 cm³/mol. The Labute approximate surface area is 87.5 Å². The van der Waals surface area contributed by atoms with Crippen LogP contribution in [0.2, 0.25) is 0 Å². The van der Waals surface area contributed by atoms with Crippen LogP contribution in [-0.2, 0) is 11.2 Å². The smallest absolute Gasteiger partial charge is 0.211 e. The molecule has 2 aromatic rings. The molecule has 1 aromatic carbocycles. The van der Waals surface area contributed by atoms with E-state index in [1.165, 1.54) is 5.56 Å². The minimum Gasteiger partial charge on any atom is -0.361 e. The van der Waals surface area contributed by atoms with Gasteiger partial charge in [0.2, 0.25) is 6.41 Å². The van der Waals surface area contributed by atoms with E-state index < -0.39 is 0 Å². The molecule has 2 rings (SSSR count). The fourth-order valence-electron chi connectivity index (χ4n) is 1.71. The van der Waals surface area contributed by atoms with Gasteiger partial charge in [-0.25, -0.2) is 0 Å². The number of benzene rings is 1. The van der Waals surface area contributed by atoms with Gasteiger partial charge in [0.15, 0.2) is 0 Å². The molecule has 0 fully saturated rings. The second kappa shape index (κ2) is 4.14. The molecular formula is C11H13N3O. The van der Waals surface area contributed by atoms with E-state index in [-0.39, 0.29) is 0 Å². The molecule has 0 atom stereocenters. The number of aromatic nitrogens is 1. The maximum absolute atomic E-state index is 10.3. The summed E-state index contributed by atoms with van der Waals surface area (Å²) in [5.74, 6) is 0. The number of carbonyl (C=O) groups excluding carboxylic acids is 1. The van der Waals surface area contributed by atoms with E-state index >= 15 is 0 Å². The summed E-state index contributed by atoms with van der Waals surface area (Å²) in [6.07, 6.45) is 3.49. The number of nitrogens with one attached hydrogen (secondary N) is 2. The van der Waals surface area contributed by atoms with Crippen LogP contribution in [0.3, 0.4) is 0 Å². The lowest BCUT2D eigenvalue weighted by atomic mass is 10.1. The van der Waals surface area contributed by atoms with Crippen molar-refractivity contribution in [3.05, 3.63) is 30.0 Å². The summed E-state index contributed by atoms with van der Waals surface area (Å²) < 4.78 is 0. The fourth-order valence-corrected chi connectivity index (χ4v) is 1.71. The van der Waals surface area contributed by atoms with Crippen LogP contribution >= 0.6 is 0 Å². The number of fused-ring (bicyclic) bond motifs is 1. The first-order chi connectivity index (χ1) is 7.35. The molecular weight excluding hydrogens is 190 g/mol. The first-order valence-electron chi connectivity index (χ1n) is 4.85. The van der Waals surface area contributed by atoms with Crippen LogP contribution in [0.1, 0.15) is 5.56 Å². The Morgan fingerprint density at radius 2 is 2.33 bits per heavy atom. The lowest BCUT2D eigenvalue weighted by Gasteiger charge is -1.99. The molecule has 4 nitrogen and oxygen atoms in total. The van der Waals surface area contributed by atoms with E-state index in [1.54, 1.807) is 0 Å². The highest BCUT2D eigenvalue weighted by atomic mass is 16.1. The molecule has 4 heteroatoms. The Bertz CT molecular complexity index is 476. The minimum atomic E-state index is 0.640. The highest BCUT2D eigenvalue weighted by Gasteiger charge is 2.03. The molecule has 0 aliphatic heterocycles. The number of amides is 1. The summed E-state index contributed by atoms with van der Waals surface area (Å²) in [6, 6.07) is 5.77. The van der Waals surface area contributed by atoms with Crippen molar-refractivity contribution in [3.63, 3.8) is 0 Å². The van der Waals surface area contributed by atoms with Crippen molar-refractivity contribution in [1.82, 2.24) is 4.98 Å². The van der Waals surface area contributed by atoms with Crippen LogP contribution in [-0.4, -0.2) is 17.9 Å². The van der Waals surface area contributed by atoms with Crippen molar-refractivity contribution < 1.29 is 4.79 Å². The standard InChI is InChI=1S/C11H13N3O/c12-4-3-8-6-13-11-5-9(14-7-15)1-2-10(8)11/h1-2,5-7,13H,3-4,12H2,(H,14,15). The van der Waals surface area contributed by atoms with E-state index in [0.717, 1.165) is 23.0 Å². The lowest BCUT2D eigenvalue weighted by molar-refractivity contribution is -0.105. The number of hydrogen-bond donors (Lipinski definition) is 3. The third kappa shape index (κ3) is 1.85. The molecule has 0 spiro atoms. The largest absolute Gasteiger partial charge is 0.361 e. The first kappa shape index (κ1) is 9.73. The molecule has 0 aliphatic rings. The average Bonchev–Trinajstić information content (AvgIpc) is 2.62. The van der Waals surface area contributed by atoms with E-state index in [2.05, 4.69) is 10.3 Å². The topological polar surface area (TPSA) is 70.9 Å². The Hall–Kier alpha value is -1.81. The fraction of sp³-hybridized carbons (Fsp3) is 0.182. The molecule has 15 heavy (non-hydrogen) atoms. The second-order valence-corrected chi connectivity index (χ2v) is 3.38. The molecule has 78 valence electrons. The van der Waals surface area contributed by atoms with Gasteiger partial charge in [0.25, 0.3) is 0 Å². The van der Waals surface area contributed by atoms with E-state index in [0.29, 0.717) is 13.0 Å². The summed E-state index contributed by atoms with van der Waals surface area (Å²) in [6.45, 7) is 0.640. The number of rotatable bonds is 4. The van der Waals surface area contributed by atoms with Gasteiger partial charge in [-0.2, -0.15) is 0 Å². The van der Waals surface area contributed by atoms with Crippen LogP contribution in [0.15, 0.2) is 24.4 Å². The lowest BCUT2D eigenvalue weighted by Crippen LogP contribution is -2.01. The minimum absolute atomic E-state index is 0.640. The van der Waals surface area contributed by atoms with Gasteiger partial charge in [0, 0.05) is 22.8 Å². The molecule has 0 radical (unpaired) electrons. The highest BCUT2D eigenvalue weighted by molar-refractivity contribution is 5.88. The van der Waals surface area contributed by atoms with Gasteiger partial charge in [-0.05, 0) is 30.7 Å². The SMILES string of the molecule is NCCc1c[nH]c2cc(NC=O)ccc12. The van der Waals surface area contributed by atoms with Crippen LogP contribution < -0.4 is 11.1 Å². The van der Waals surface area contributed by atoms with Crippen molar-refractivity contribution in [1.29, 1.82) is 0 Å². The molecule has 0 aliphatic carbocycles. The molecule has 0 unspecified atom stereocenters. The Morgan fingerprint density at radius 3 is 3.07 bits per heavy atom. The monoisotopic (exact) mass is 203 g/mol. The summed E-state index contributed by atoms with van der Waals surface area (Å²) >= 11 is 0. The molecule has 0 saturated heterocycles. The van der Waals surface area contributed by atoms with Crippen LogP contribution in [0.4, 0.5) is 5.69 Å². The zero-order valence-corrected chi connectivity index (χ0v) is 8.29. The van der Waals surface area contributed by atoms with Gasteiger partial charge < -0.3 is 16.0 Å². The van der Waals surface area contributed by atoms with Gasteiger partial charge in [-0.15, -0.1) is 0 Å². The predicted octanol–water partition coefficient (Wildman–Crippen LogP) is 1.24. The van der Waals surface area contributed by atoms with E-state index in [9.17, 15) is 4.79 Å². The molecule has 0 saturated carbocycles. The van der Waals surface area contributed by atoms with Crippen molar-refractivity contribution in [2.75, 3.05) is 11.9 Å². The number of nitrogens with two attached hydrogens (primary N) is 1. The van der Waals surface area contributed by atoms with Crippen molar-refractivity contribution in [2.45, 2.75) is 6.42 Å². The Morgan fingerprint density at radius 1 is 1.47 bits per heavy atom. The highest BCUT2D eigenvalue weighted by Crippen LogP contribution is 2.21. The van der Waals surface area contributed by atoms with Crippen LogP contribution in [0, 0.1) is 0 Å². The van der Waals surface area contributed by atoms with Gasteiger partial charge in [0.1, 0.15) is 0 Å². The normalized spacial score (nSPS) is 10.5. The van der Waals surface area contributed by atoms with E-state index in [1.807, 2.05) is 24.4 Å². The molecule has 1 heterocycles. The molecule has 1 amide bonds. The second-order valence-electron chi connectivity index (χ2n) is 3.38. The average molecular weight is 203 g/mol. The number of aromatic amines is 1. The number of hydrogen-bond acceptors (Lipinski definition) is 2. The van der Waals surface area contributed by atoms with Crippen molar-refractivity contribution in [3.8, 4) is 0 Å². The Kier molecular flexibility index (Phi) is 2.69. The number of carbonyl (C=O) groups is 1. The summed E-state index contributed by atoms with van der Waals surface area (Å²) in [4.78, 5) is 13.4. The van der Waals surface area contributed by atoms with Crippen molar-refractivity contribution in [2.24, 2.45) is 5.73 Å². The van der Waals surface area contributed by atoms with Crippen molar-refractivity contribution >= 4 is 23.0 Å². The quantitative estimate of drug-likeness (QED) is 0.654. The molecule has 0 bridgehead atoms.